The van der Waals surface area contributed by atoms with E-state index in [1.54, 1.807) is 6.92 Å². The van der Waals surface area contributed by atoms with Crippen LogP contribution in [0.15, 0.2) is 24.4 Å². The smallest absolute Gasteiger partial charge is 0.339 e. The fraction of sp³-hybridized carbons (Fsp3) is 0.214. The molecule has 2 N–H and O–H groups in total. The highest BCUT2D eigenvalue weighted by molar-refractivity contribution is 5.88. The molecule has 2 aromatic rings. The molecular formula is C14H15N3O2. The van der Waals surface area contributed by atoms with Crippen molar-refractivity contribution < 1.29 is 9.90 Å². The Hall–Kier alpha value is -2.43. The molecule has 5 nitrogen and oxygen atoms in total. The molecule has 1 aromatic heterocycles. The molecule has 0 spiro atoms. The number of hydrogen-bond donors (Lipinski definition) is 2. The molecule has 0 aliphatic rings. The maximum absolute atomic E-state index is 10.9. The molecule has 0 amide bonds. The normalized spacial score (nSPS) is 10.3. The van der Waals surface area contributed by atoms with Gasteiger partial charge >= 0.3 is 5.97 Å². The molecule has 98 valence electrons. The summed E-state index contributed by atoms with van der Waals surface area (Å²) in [6, 6.07) is 6.04. The highest BCUT2D eigenvalue weighted by Gasteiger charge is 2.10. The van der Waals surface area contributed by atoms with Gasteiger partial charge in [0, 0.05) is 11.9 Å². The number of hydrogen-bond acceptors (Lipinski definition) is 4. The van der Waals surface area contributed by atoms with E-state index in [1.807, 2.05) is 26.0 Å². The lowest BCUT2D eigenvalue weighted by Crippen LogP contribution is -2.06. The second-order valence-electron chi connectivity index (χ2n) is 4.50. The van der Waals surface area contributed by atoms with E-state index < -0.39 is 5.97 Å². The Balaban J connectivity index is 2.28. The fourth-order valence-electron chi connectivity index (χ4n) is 1.91. The molecule has 2 rings (SSSR count). The van der Waals surface area contributed by atoms with Gasteiger partial charge in [0.15, 0.2) is 0 Å². The molecule has 1 heterocycles. The van der Waals surface area contributed by atoms with Gasteiger partial charge in [-0.15, -0.1) is 0 Å². The van der Waals surface area contributed by atoms with Crippen LogP contribution >= 0.6 is 0 Å². The van der Waals surface area contributed by atoms with Gasteiger partial charge in [-0.1, -0.05) is 6.07 Å². The van der Waals surface area contributed by atoms with Crippen molar-refractivity contribution in [1.29, 1.82) is 0 Å². The number of carboxylic acids is 1. The summed E-state index contributed by atoms with van der Waals surface area (Å²) in [4.78, 5) is 19.0. The summed E-state index contributed by atoms with van der Waals surface area (Å²) in [5.41, 5.74) is 3.73. The van der Waals surface area contributed by atoms with Gasteiger partial charge in [-0.05, 0) is 44.0 Å². The molecule has 0 unspecified atom stereocenters. The third-order valence-electron chi connectivity index (χ3n) is 2.69. The van der Waals surface area contributed by atoms with Crippen LogP contribution in [-0.4, -0.2) is 21.0 Å². The average molecular weight is 257 g/mol. The second kappa shape index (κ2) is 5.06. The third kappa shape index (κ3) is 3.07. The number of nitrogens with one attached hydrogen (secondary N) is 1. The lowest BCUT2D eigenvalue weighted by molar-refractivity contribution is 0.0695. The maximum Gasteiger partial charge on any atom is 0.339 e. The molecule has 0 atom stereocenters. The van der Waals surface area contributed by atoms with Gasteiger partial charge in [-0.25, -0.2) is 14.8 Å². The van der Waals surface area contributed by atoms with E-state index in [4.69, 9.17) is 5.11 Å². The molecule has 0 aliphatic heterocycles. The molecule has 0 saturated heterocycles. The molecule has 0 radical (unpaired) electrons. The minimum absolute atomic E-state index is 0.117. The number of aromatic carboxylic acids is 1. The minimum Gasteiger partial charge on any atom is -0.478 e. The molecule has 19 heavy (non-hydrogen) atoms. The second-order valence-corrected chi connectivity index (χ2v) is 4.50. The van der Waals surface area contributed by atoms with Gasteiger partial charge < -0.3 is 10.4 Å². The van der Waals surface area contributed by atoms with Crippen molar-refractivity contribution in [2.45, 2.75) is 20.8 Å². The lowest BCUT2D eigenvalue weighted by atomic mass is 10.1. The predicted octanol–water partition coefficient (Wildman–Crippen LogP) is 2.84. The van der Waals surface area contributed by atoms with Crippen molar-refractivity contribution in [3.63, 3.8) is 0 Å². The summed E-state index contributed by atoms with van der Waals surface area (Å²) in [6.45, 7) is 5.67. The monoisotopic (exact) mass is 257 g/mol. The number of carboxylic acid groups (broad SMARTS) is 1. The van der Waals surface area contributed by atoms with Crippen LogP contribution in [0.2, 0.25) is 0 Å². The Morgan fingerprint density at radius 3 is 2.32 bits per heavy atom. The largest absolute Gasteiger partial charge is 0.478 e. The van der Waals surface area contributed by atoms with Gasteiger partial charge in [0.25, 0.3) is 0 Å². The van der Waals surface area contributed by atoms with Crippen molar-refractivity contribution in [2.24, 2.45) is 0 Å². The summed E-state index contributed by atoms with van der Waals surface area (Å²) in [5, 5.41) is 12.0. The van der Waals surface area contributed by atoms with Crippen molar-refractivity contribution >= 4 is 17.6 Å². The average Bonchev–Trinajstić information content (AvgIpc) is 2.26. The number of carbonyl (C=O) groups is 1. The van der Waals surface area contributed by atoms with Crippen LogP contribution in [0.5, 0.6) is 0 Å². The maximum atomic E-state index is 10.9. The van der Waals surface area contributed by atoms with Crippen molar-refractivity contribution in [2.75, 3.05) is 5.32 Å². The van der Waals surface area contributed by atoms with E-state index in [9.17, 15) is 4.79 Å². The summed E-state index contributed by atoms with van der Waals surface area (Å²) < 4.78 is 0. The molecule has 0 aliphatic carbocycles. The summed E-state index contributed by atoms with van der Waals surface area (Å²) >= 11 is 0. The Kier molecular flexibility index (Phi) is 3.46. The highest BCUT2D eigenvalue weighted by atomic mass is 16.4. The van der Waals surface area contributed by atoms with Crippen molar-refractivity contribution in [1.82, 2.24) is 9.97 Å². The molecule has 0 saturated carbocycles. The molecule has 0 bridgehead atoms. The Morgan fingerprint density at radius 1 is 1.16 bits per heavy atom. The molecule has 1 aromatic carbocycles. The predicted molar refractivity (Wildman–Crippen MR) is 72.9 cm³/mol. The van der Waals surface area contributed by atoms with E-state index in [1.165, 1.54) is 6.20 Å². The Morgan fingerprint density at radius 2 is 1.79 bits per heavy atom. The van der Waals surface area contributed by atoms with E-state index >= 15 is 0 Å². The SMILES string of the molecule is Cc1cc(C)cc(Nc2ncc(C(=O)O)c(C)n2)c1. The number of nitrogens with zero attached hydrogens (tertiary/aromatic N) is 2. The minimum atomic E-state index is -1.02. The number of benzene rings is 1. The number of anilines is 2. The van der Waals surface area contributed by atoms with Gasteiger partial charge in [0.05, 0.1) is 11.3 Å². The van der Waals surface area contributed by atoms with Crippen LogP contribution < -0.4 is 5.32 Å². The van der Waals surface area contributed by atoms with Gasteiger partial charge in [-0.3, -0.25) is 0 Å². The van der Waals surface area contributed by atoms with Crippen LogP contribution in [-0.2, 0) is 0 Å². The van der Waals surface area contributed by atoms with Gasteiger partial charge in [0.1, 0.15) is 0 Å². The van der Waals surface area contributed by atoms with Crippen molar-refractivity contribution in [3.8, 4) is 0 Å². The van der Waals surface area contributed by atoms with E-state index in [-0.39, 0.29) is 5.56 Å². The van der Waals surface area contributed by atoms with E-state index in [2.05, 4.69) is 21.4 Å². The zero-order chi connectivity index (χ0) is 14.0. The lowest BCUT2D eigenvalue weighted by Gasteiger charge is -2.08. The van der Waals surface area contributed by atoms with Crippen molar-refractivity contribution in [3.05, 3.63) is 46.8 Å². The van der Waals surface area contributed by atoms with Crippen LogP contribution in [0.1, 0.15) is 27.2 Å². The number of rotatable bonds is 3. The summed E-state index contributed by atoms with van der Waals surface area (Å²) in [7, 11) is 0. The number of aromatic nitrogens is 2. The van der Waals surface area contributed by atoms with E-state index in [0.717, 1.165) is 16.8 Å². The van der Waals surface area contributed by atoms with E-state index in [0.29, 0.717) is 11.6 Å². The first-order valence-electron chi connectivity index (χ1n) is 5.88. The number of aryl methyl sites for hydroxylation is 3. The topological polar surface area (TPSA) is 75.1 Å². The molecular weight excluding hydrogens is 242 g/mol. The first-order chi connectivity index (χ1) is 8.95. The summed E-state index contributed by atoms with van der Waals surface area (Å²) in [6.07, 6.45) is 1.32. The Bertz CT molecular complexity index is 618. The fourth-order valence-corrected chi connectivity index (χ4v) is 1.91. The quantitative estimate of drug-likeness (QED) is 0.884. The first-order valence-corrected chi connectivity index (χ1v) is 5.88. The van der Waals surface area contributed by atoms with Crippen LogP contribution in [0.3, 0.4) is 0 Å². The molecule has 5 heteroatoms. The van der Waals surface area contributed by atoms with Gasteiger partial charge in [-0.2, -0.15) is 0 Å². The standard InChI is InChI=1S/C14H15N3O2/c1-8-4-9(2)6-11(5-8)17-14-15-7-12(13(18)19)10(3)16-14/h4-7H,1-3H3,(H,18,19)(H,15,16,17). The van der Waals surface area contributed by atoms with Crippen LogP contribution in [0, 0.1) is 20.8 Å². The Labute approximate surface area is 111 Å². The first kappa shape index (κ1) is 13.0. The van der Waals surface area contributed by atoms with Crippen LogP contribution in [0.25, 0.3) is 0 Å². The highest BCUT2D eigenvalue weighted by Crippen LogP contribution is 2.17. The van der Waals surface area contributed by atoms with Crippen LogP contribution in [0.4, 0.5) is 11.6 Å². The molecule has 0 fully saturated rings. The van der Waals surface area contributed by atoms with Gasteiger partial charge in [0.2, 0.25) is 5.95 Å². The zero-order valence-electron chi connectivity index (χ0n) is 11.1. The summed E-state index contributed by atoms with van der Waals surface area (Å²) in [5.74, 6) is -0.622. The zero-order valence-corrected chi connectivity index (χ0v) is 11.1. The third-order valence-corrected chi connectivity index (χ3v) is 2.69.